The fraction of sp³-hybridized carbons (Fsp3) is 0.368. The SMILES string of the molecule is CCc1ccc(NC(=O)Cn2cnc3nc(N4CCCC4)sc3c2=O)cc1. The Kier molecular flexibility index (Phi) is 4.89. The van der Waals surface area contributed by atoms with Gasteiger partial charge in [-0.25, -0.2) is 4.98 Å². The van der Waals surface area contributed by atoms with E-state index in [1.807, 2.05) is 24.3 Å². The Bertz CT molecular complexity index is 1020. The van der Waals surface area contributed by atoms with Crippen LogP contribution in [0.4, 0.5) is 10.8 Å². The van der Waals surface area contributed by atoms with Crippen molar-refractivity contribution < 1.29 is 4.79 Å². The van der Waals surface area contributed by atoms with Crippen LogP contribution in [0.1, 0.15) is 25.3 Å². The molecule has 2 aromatic heterocycles. The molecule has 1 amide bonds. The van der Waals surface area contributed by atoms with Gasteiger partial charge in [0.1, 0.15) is 17.6 Å². The summed E-state index contributed by atoms with van der Waals surface area (Å²) in [5, 5.41) is 3.66. The molecule has 0 bridgehead atoms. The number of fused-ring (bicyclic) bond motifs is 1. The highest BCUT2D eigenvalue weighted by atomic mass is 32.1. The van der Waals surface area contributed by atoms with Crippen LogP contribution in [0.5, 0.6) is 0 Å². The molecule has 1 saturated heterocycles. The van der Waals surface area contributed by atoms with E-state index >= 15 is 0 Å². The van der Waals surface area contributed by atoms with Crippen molar-refractivity contribution in [2.45, 2.75) is 32.7 Å². The molecule has 140 valence electrons. The zero-order chi connectivity index (χ0) is 18.8. The average molecular weight is 383 g/mol. The second kappa shape index (κ2) is 7.48. The summed E-state index contributed by atoms with van der Waals surface area (Å²) >= 11 is 1.36. The third kappa shape index (κ3) is 3.71. The number of thiazole rings is 1. The molecular weight excluding hydrogens is 362 g/mol. The van der Waals surface area contributed by atoms with Crippen LogP contribution in [-0.2, 0) is 17.8 Å². The van der Waals surface area contributed by atoms with Gasteiger partial charge in [-0.05, 0) is 37.0 Å². The van der Waals surface area contributed by atoms with Gasteiger partial charge < -0.3 is 10.2 Å². The van der Waals surface area contributed by atoms with Gasteiger partial charge in [-0.3, -0.25) is 14.2 Å². The lowest BCUT2D eigenvalue weighted by molar-refractivity contribution is -0.116. The molecule has 7 nitrogen and oxygen atoms in total. The Morgan fingerprint density at radius 3 is 2.67 bits per heavy atom. The van der Waals surface area contributed by atoms with Gasteiger partial charge in [0.15, 0.2) is 10.8 Å². The number of nitrogens with one attached hydrogen (secondary N) is 1. The quantitative estimate of drug-likeness (QED) is 0.733. The normalized spacial score (nSPS) is 14.0. The number of nitrogens with zero attached hydrogens (tertiary/aromatic N) is 4. The standard InChI is InChI=1S/C19H21N5O2S/c1-2-13-5-7-14(8-6-13)21-15(25)11-24-12-20-17-16(18(24)26)27-19(22-17)23-9-3-4-10-23/h5-8,12H,2-4,9-11H2,1H3,(H,21,25). The summed E-state index contributed by atoms with van der Waals surface area (Å²) in [6.07, 6.45) is 4.64. The molecule has 1 aliphatic heterocycles. The zero-order valence-corrected chi connectivity index (χ0v) is 16.0. The van der Waals surface area contributed by atoms with Gasteiger partial charge in [0.2, 0.25) is 5.91 Å². The summed E-state index contributed by atoms with van der Waals surface area (Å²) in [4.78, 5) is 36.0. The van der Waals surface area contributed by atoms with Crippen LogP contribution in [-0.4, -0.2) is 33.5 Å². The predicted molar refractivity (Wildman–Crippen MR) is 108 cm³/mol. The number of carbonyl (C=O) groups excluding carboxylic acids is 1. The van der Waals surface area contributed by atoms with E-state index < -0.39 is 0 Å². The van der Waals surface area contributed by atoms with E-state index in [0.717, 1.165) is 37.5 Å². The number of aryl methyl sites for hydroxylation is 1. The number of amides is 1. The summed E-state index contributed by atoms with van der Waals surface area (Å²) in [7, 11) is 0. The largest absolute Gasteiger partial charge is 0.348 e. The topological polar surface area (TPSA) is 80.1 Å². The van der Waals surface area contributed by atoms with Gasteiger partial charge in [-0.2, -0.15) is 4.98 Å². The minimum atomic E-state index is -0.258. The lowest BCUT2D eigenvalue weighted by atomic mass is 10.1. The maximum atomic E-state index is 12.7. The molecule has 0 atom stereocenters. The predicted octanol–water partition coefficient (Wildman–Crippen LogP) is 2.65. The van der Waals surface area contributed by atoms with Gasteiger partial charge in [0, 0.05) is 18.8 Å². The molecule has 3 heterocycles. The zero-order valence-electron chi connectivity index (χ0n) is 15.1. The first-order valence-corrected chi connectivity index (χ1v) is 9.95. The maximum Gasteiger partial charge on any atom is 0.273 e. The highest BCUT2D eigenvalue weighted by Crippen LogP contribution is 2.27. The Hall–Kier alpha value is -2.74. The number of hydrogen-bond acceptors (Lipinski definition) is 6. The Morgan fingerprint density at radius 2 is 1.96 bits per heavy atom. The van der Waals surface area contributed by atoms with Crippen molar-refractivity contribution in [3.05, 3.63) is 46.5 Å². The molecule has 1 aliphatic rings. The van der Waals surface area contributed by atoms with Crippen LogP contribution < -0.4 is 15.8 Å². The Labute approximate surface area is 160 Å². The van der Waals surface area contributed by atoms with E-state index in [2.05, 4.69) is 27.1 Å². The fourth-order valence-electron chi connectivity index (χ4n) is 3.17. The summed E-state index contributed by atoms with van der Waals surface area (Å²) < 4.78 is 1.84. The third-order valence-electron chi connectivity index (χ3n) is 4.71. The molecular formula is C19H21N5O2S. The van der Waals surface area contributed by atoms with Crippen molar-refractivity contribution >= 4 is 38.4 Å². The molecule has 3 aromatic rings. The summed E-state index contributed by atoms with van der Waals surface area (Å²) in [5.41, 5.74) is 2.16. The minimum Gasteiger partial charge on any atom is -0.348 e. The van der Waals surface area contributed by atoms with Crippen LogP contribution >= 0.6 is 11.3 Å². The van der Waals surface area contributed by atoms with E-state index in [4.69, 9.17) is 0 Å². The first-order valence-electron chi connectivity index (χ1n) is 9.14. The lowest BCUT2D eigenvalue weighted by Gasteiger charge is -2.11. The van der Waals surface area contributed by atoms with Gasteiger partial charge in [0.05, 0.1) is 0 Å². The molecule has 1 fully saturated rings. The van der Waals surface area contributed by atoms with Crippen molar-refractivity contribution in [1.29, 1.82) is 0 Å². The first-order chi connectivity index (χ1) is 13.1. The average Bonchev–Trinajstić information content (AvgIpc) is 3.34. The molecule has 0 radical (unpaired) electrons. The Morgan fingerprint density at radius 1 is 1.22 bits per heavy atom. The molecule has 0 unspecified atom stereocenters. The van der Waals surface area contributed by atoms with Crippen LogP contribution in [0.25, 0.3) is 10.3 Å². The third-order valence-corrected chi connectivity index (χ3v) is 5.80. The van der Waals surface area contributed by atoms with Crippen LogP contribution in [0.15, 0.2) is 35.4 Å². The molecule has 4 rings (SSSR count). The maximum absolute atomic E-state index is 12.7. The summed E-state index contributed by atoms with van der Waals surface area (Å²) in [5.74, 6) is -0.258. The molecule has 0 aliphatic carbocycles. The van der Waals surface area contributed by atoms with Crippen LogP contribution in [0.3, 0.4) is 0 Å². The number of anilines is 2. The van der Waals surface area contributed by atoms with E-state index in [1.165, 1.54) is 27.8 Å². The lowest BCUT2D eigenvalue weighted by Crippen LogP contribution is -2.27. The monoisotopic (exact) mass is 383 g/mol. The Balaban J connectivity index is 1.51. The van der Waals surface area contributed by atoms with Crippen LogP contribution in [0, 0.1) is 0 Å². The van der Waals surface area contributed by atoms with Crippen molar-refractivity contribution in [3.63, 3.8) is 0 Å². The van der Waals surface area contributed by atoms with E-state index in [9.17, 15) is 9.59 Å². The second-order valence-electron chi connectivity index (χ2n) is 6.62. The fourth-order valence-corrected chi connectivity index (χ4v) is 4.19. The highest BCUT2D eigenvalue weighted by molar-refractivity contribution is 7.22. The molecule has 1 N–H and O–H groups in total. The van der Waals surface area contributed by atoms with Crippen molar-refractivity contribution in [2.75, 3.05) is 23.3 Å². The molecule has 27 heavy (non-hydrogen) atoms. The molecule has 0 saturated carbocycles. The summed E-state index contributed by atoms with van der Waals surface area (Å²) in [6, 6.07) is 7.69. The number of carbonyl (C=O) groups is 1. The van der Waals surface area contributed by atoms with Gasteiger partial charge in [0.25, 0.3) is 5.56 Å². The van der Waals surface area contributed by atoms with E-state index in [-0.39, 0.29) is 18.0 Å². The highest BCUT2D eigenvalue weighted by Gasteiger charge is 2.19. The van der Waals surface area contributed by atoms with Crippen LogP contribution in [0.2, 0.25) is 0 Å². The van der Waals surface area contributed by atoms with Gasteiger partial charge in [-0.15, -0.1) is 0 Å². The number of benzene rings is 1. The van der Waals surface area contributed by atoms with Crippen molar-refractivity contribution in [2.24, 2.45) is 0 Å². The van der Waals surface area contributed by atoms with E-state index in [0.29, 0.717) is 16.0 Å². The second-order valence-corrected chi connectivity index (χ2v) is 7.60. The number of aromatic nitrogens is 3. The summed E-state index contributed by atoms with van der Waals surface area (Å²) in [6.45, 7) is 3.94. The number of hydrogen-bond donors (Lipinski definition) is 1. The van der Waals surface area contributed by atoms with Crippen molar-refractivity contribution in [1.82, 2.24) is 14.5 Å². The van der Waals surface area contributed by atoms with Gasteiger partial charge >= 0.3 is 0 Å². The first kappa shape index (κ1) is 17.7. The minimum absolute atomic E-state index is 0.0751. The number of rotatable bonds is 5. The molecule has 8 heteroatoms. The van der Waals surface area contributed by atoms with Gasteiger partial charge in [-0.1, -0.05) is 30.4 Å². The van der Waals surface area contributed by atoms with E-state index in [1.54, 1.807) is 0 Å². The van der Waals surface area contributed by atoms with Crippen molar-refractivity contribution in [3.8, 4) is 0 Å². The molecule has 0 spiro atoms. The molecule has 1 aromatic carbocycles. The smallest absolute Gasteiger partial charge is 0.273 e.